The van der Waals surface area contributed by atoms with Crippen LogP contribution in [0.5, 0.6) is 0 Å². The summed E-state index contributed by atoms with van der Waals surface area (Å²) >= 11 is 4.35. The van der Waals surface area contributed by atoms with Gasteiger partial charge in [0.2, 0.25) is 11.8 Å². The summed E-state index contributed by atoms with van der Waals surface area (Å²) in [4.78, 5) is 38.2. The molecule has 7 nitrogen and oxygen atoms in total. The Balaban J connectivity index is 2.90. The average molecular weight is 453 g/mol. The lowest BCUT2D eigenvalue weighted by Gasteiger charge is -2.34. The topological polar surface area (TPSA) is 93.7 Å². The molecule has 1 aromatic carbocycles. The van der Waals surface area contributed by atoms with E-state index in [1.165, 1.54) is 0 Å². The Labute approximate surface area is 191 Å². The van der Waals surface area contributed by atoms with Gasteiger partial charge >= 0.3 is 5.97 Å². The van der Waals surface area contributed by atoms with Gasteiger partial charge in [-0.1, -0.05) is 58.0 Å². The highest BCUT2D eigenvalue weighted by molar-refractivity contribution is 7.81. The third kappa shape index (κ3) is 8.18. The highest BCUT2D eigenvalue weighted by Crippen LogP contribution is 2.19. The van der Waals surface area contributed by atoms with E-state index in [0.29, 0.717) is 19.4 Å². The number of amides is 2. The SMILES string of the molecule is CCOC(=O)[C@H](COCc1ccccc1)NC(=O)C(CC)(CC)NC(=O)[C@@H](S)C(C)C. The molecule has 0 aliphatic carbocycles. The molecule has 0 spiro atoms. The highest BCUT2D eigenvalue weighted by Gasteiger charge is 2.40. The van der Waals surface area contributed by atoms with Gasteiger partial charge in [-0.3, -0.25) is 9.59 Å². The third-order valence-corrected chi connectivity index (χ3v) is 6.01. The van der Waals surface area contributed by atoms with Crippen LogP contribution in [0.1, 0.15) is 53.0 Å². The van der Waals surface area contributed by atoms with Gasteiger partial charge in [0.15, 0.2) is 6.04 Å². The van der Waals surface area contributed by atoms with Crippen molar-refractivity contribution in [2.75, 3.05) is 13.2 Å². The van der Waals surface area contributed by atoms with Crippen LogP contribution in [0, 0.1) is 5.92 Å². The van der Waals surface area contributed by atoms with Crippen molar-refractivity contribution in [1.29, 1.82) is 0 Å². The summed E-state index contributed by atoms with van der Waals surface area (Å²) in [5.41, 5.74) is -0.203. The summed E-state index contributed by atoms with van der Waals surface area (Å²) < 4.78 is 10.8. The number of carbonyl (C=O) groups is 3. The molecule has 2 atom stereocenters. The van der Waals surface area contributed by atoms with Gasteiger partial charge in [-0.2, -0.15) is 12.6 Å². The molecule has 0 heterocycles. The average Bonchev–Trinajstić information content (AvgIpc) is 2.76. The maximum atomic E-state index is 13.2. The number of esters is 1. The van der Waals surface area contributed by atoms with Gasteiger partial charge in [0.05, 0.1) is 25.1 Å². The van der Waals surface area contributed by atoms with Crippen molar-refractivity contribution < 1.29 is 23.9 Å². The Hall–Kier alpha value is -2.06. The normalized spacial score (nSPS) is 13.4. The van der Waals surface area contributed by atoms with Crippen molar-refractivity contribution in [2.24, 2.45) is 5.92 Å². The minimum Gasteiger partial charge on any atom is -0.464 e. The molecule has 0 saturated heterocycles. The van der Waals surface area contributed by atoms with E-state index in [1.54, 1.807) is 6.92 Å². The molecule has 2 N–H and O–H groups in total. The Kier molecular flexibility index (Phi) is 11.6. The fourth-order valence-electron chi connectivity index (χ4n) is 2.99. The number of carbonyl (C=O) groups excluding carboxylic acids is 3. The van der Waals surface area contributed by atoms with Crippen LogP contribution in [-0.4, -0.2) is 47.8 Å². The third-order valence-electron chi connectivity index (χ3n) is 5.18. The number of thiol groups is 1. The lowest BCUT2D eigenvalue weighted by molar-refractivity contribution is -0.150. The second kappa shape index (κ2) is 13.4. The van der Waals surface area contributed by atoms with E-state index < -0.39 is 28.7 Å². The zero-order valence-corrected chi connectivity index (χ0v) is 20.0. The summed E-state index contributed by atoms with van der Waals surface area (Å²) in [7, 11) is 0. The van der Waals surface area contributed by atoms with Gasteiger partial charge in [-0.15, -0.1) is 0 Å². The predicted octanol–water partition coefficient (Wildman–Crippen LogP) is 2.88. The summed E-state index contributed by atoms with van der Waals surface area (Å²) in [6, 6.07) is 8.54. The van der Waals surface area contributed by atoms with Crippen LogP contribution in [0.2, 0.25) is 0 Å². The molecular weight excluding hydrogens is 416 g/mol. The van der Waals surface area contributed by atoms with Gasteiger partial charge in [0, 0.05) is 0 Å². The minimum absolute atomic E-state index is 0.0106. The second-order valence-electron chi connectivity index (χ2n) is 7.75. The molecule has 0 aliphatic rings. The number of hydrogen-bond donors (Lipinski definition) is 3. The van der Waals surface area contributed by atoms with Crippen molar-refractivity contribution >= 4 is 30.4 Å². The molecule has 1 aromatic rings. The van der Waals surface area contributed by atoms with Gasteiger partial charge in [-0.25, -0.2) is 4.79 Å². The first-order valence-corrected chi connectivity index (χ1v) is 11.3. The molecule has 2 amide bonds. The first kappa shape index (κ1) is 27.0. The molecule has 174 valence electrons. The molecule has 0 aromatic heterocycles. The number of benzene rings is 1. The van der Waals surface area contributed by atoms with Crippen molar-refractivity contribution in [1.82, 2.24) is 10.6 Å². The van der Waals surface area contributed by atoms with Crippen LogP contribution in [-0.2, 0) is 30.5 Å². The first-order chi connectivity index (χ1) is 14.7. The minimum atomic E-state index is -1.16. The molecular formula is C23H36N2O5S. The number of nitrogens with one attached hydrogen (secondary N) is 2. The Bertz CT molecular complexity index is 707. The smallest absolute Gasteiger partial charge is 0.331 e. The molecule has 8 heteroatoms. The van der Waals surface area contributed by atoms with Gasteiger partial charge in [0.25, 0.3) is 0 Å². The molecule has 0 aliphatic heterocycles. The fraction of sp³-hybridized carbons (Fsp3) is 0.609. The molecule has 1 rings (SSSR count). The number of ether oxygens (including phenoxy) is 2. The van der Waals surface area contributed by atoms with Crippen molar-refractivity contribution in [2.45, 2.75) is 70.9 Å². The number of rotatable bonds is 13. The van der Waals surface area contributed by atoms with Crippen molar-refractivity contribution in [3.8, 4) is 0 Å². The van der Waals surface area contributed by atoms with E-state index >= 15 is 0 Å². The Morgan fingerprint density at radius 1 is 1.06 bits per heavy atom. The zero-order valence-electron chi connectivity index (χ0n) is 19.1. The van der Waals surface area contributed by atoms with Gasteiger partial charge in [0.1, 0.15) is 5.54 Å². The second-order valence-corrected chi connectivity index (χ2v) is 8.30. The molecule has 0 unspecified atom stereocenters. The summed E-state index contributed by atoms with van der Waals surface area (Å²) in [6.45, 7) is 9.54. The first-order valence-electron chi connectivity index (χ1n) is 10.8. The fourth-order valence-corrected chi connectivity index (χ4v) is 3.06. The van der Waals surface area contributed by atoms with E-state index in [1.807, 2.05) is 58.0 Å². The van der Waals surface area contributed by atoms with Gasteiger partial charge < -0.3 is 20.1 Å². The van der Waals surface area contributed by atoms with Crippen LogP contribution in [0.15, 0.2) is 30.3 Å². The van der Waals surface area contributed by atoms with Crippen molar-refractivity contribution in [3.05, 3.63) is 35.9 Å². The summed E-state index contributed by atoms with van der Waals surface area (Å²) in [6.07, 6.45) is 0.722. The van der Waals surface area contributed by atoms with E-state index in [4.69, 9.17) is 9.47 Å². The Morgan fingerprint density at radius 2 is 1.68 bits per heavy atom. The molecule has 0 bridgehead atoms. The molecule has 31 heavy (non-hydrogen) atoms. The van der Waals surface area contributed by atoms with E-state index in [2.05, 4.69) is 23.3 Å². The quantitative estimate of drug-likeness (QED) is 0.316. The standard InChI is InChI=1S/C23H36N2O5S/c1-6-23(7-2,25-20(26)19(31)16(4)5)22(28)24-18(21(27)30-8-3)15-29-14-17-12-10-9-11-13-17/h9-13,16,18-19,31H,6-8,14-15H2,1-5H3,(H,24,28)(H,25,26)/t18-,19-/m0/s1. The molecule has 0 fully saturated rings. The lowest BCUT2D eigenvalue weighted by Crippen LogP contribution is -2.62. The van der Waals surface area contributed by atoms with E-state index in [9.17, 15) is 14.4 Å². The van der Waals surface area contributed by atoms with E-state index in [0.717, 1.165) is 5.56 Å². The monoisotopic (exact) mass is 452 g/mol. The maximum Gasteiger partial charge on any atom is 0.331 e. The summed E-state index contributed by atoms with van der Waals surface area (Å²) in [5, 5.41) is 5.03. The van der Waals surface area contributed by atoms with Crippen molar-refractivity contribution in [3.63, 3.8) is 0 Å². The highest BCUT2D eigenvalue weighted by atomic mass is 32.1. The maximum absolute atomic E-state index is 13.2. The van der Waals surface area contributed by atoms with E-state index in [-0.39, 0.29) is 25.0 Å². The van der Waals surface area contributed by atoms with Crippen LogP contribution in [0.25, 0.3) is 0 Å². The number of hydrogen-bond acceptors (Lipinski definition) is 6. The largest absolute Gasteiger partial charge is 0.464 e. The van der Waals surface area contributed by atoms with Gasteiger partial charge in [-0.05, 0) is 31.2 Å². The van der Waals surface area contributed by atoms with Crippen LogP contribution in [0.3, 0.4) is 0 Å². The Morgan fingerprint density at radius 3 is 2.19 bits per heavy atom. The lowest BCUT2D eigenvalue weighted by atomic mass is 9.90. The predicted molar refractivity (Wildman–Crippen MR) is 124 cm³/mol. The molecule has 0 saturated carbocycles. The summed E-state index contributed by atoms with van der Waals surface area (Å²) in [5.74, 6) is -1.33. The zero-order chi connectivity index (χ0) is 23.4. The van der Waals surface area contributed by atoms with Crippen LogP contribution >= 0.6 is 12.6 Å². The molecule has 0 radical (unpaired) electrons. The van der Waals surface area contributed by atoms with Crippen LogP contribution < -0.4 is 10.6 Å². The van der Waals surface area contributed by atoms with Crippen LogP contribution in [0.4, 0.5) is 0 Å².